The Kier molecular flexibility index (Phi) is 3.97. The van der Waals surface area contributed by atoms with E-state index in [2.05, 4.69) is 20.3 Å². The third-order valence-electron chi connectivity index (χ3n) is 2.96. The second-order valence-corrected chi connectivity index (χ2v) is 6.04. The third kappa shape index (κ3) is 3.01. The summed E-state index contributed by atoms with van der Waals surface area (Å²) in [4.78, 5) is 37.6. The molecule has 1 aromatic carbocycles. The molecule has 0 radical (unpaired) electrons. The van der Waals surface area contributed by atoms with E-state index >= 15 is 0 Å². The number of aromatic nitrogens is 5. The van der Waals surface area contributed by atoms with Crippen molar-refractivity contribution in [3.05, 3.63) is 66.2 Å². The predicted molar refractivity (Wildman–Crippen MR) is 85.7 cm³/mol. The van der Waals surface area contributed by atoms with E-state index in [1.807, 2.05) is 0 Å². The average Bonchev–Trinajstić information content (AvgIpc) is 2.78. The molecule has 3 N–H and O–H groups in total. The number of halogens is 1. The highest BCUT2D eigenvalue weighted by molar-refractivity contribution is 7.99. The fourth-order valence-corrected chi connectivity index (χ4v) is 2.94. The molecule has 0 amide bonds. The smallest absolute Gasteiger partial charge is 0.294 e. The number of hydrogen-bond donors (Lipinski definition) is 3. The number of hydrogen-bond acceptors (Lipinski definition) is 5. The summed E-state index contributed by atoms with van der Waals surface area (Å²) >= 11 is 6.81. The molecule has 0 bridgehead atoms. The highest BCUT2D eigenvalue weighted by atomic mass is 35.5. The lowest BCUT2D eigenvalue weighted by Crippen LogP contribution is -2.25. The maximum Gasteiger partial charge on any atom is 0.342 e. The number of aromatic amines is 3. The molecular weight excluding hydrogens is 342 g/mol. The first-order valence-electron chi connectivity index (χ1n) is 6.40. The summed E-state index contributed by atoms with van der Waals surface area (Å²) in [5.74, 6) is 0. The Morgan fingerprint density at radius 1 is 1.26 bits per heavy atom. The molecule has 118 valence electrons. The van der Waals surface area contributed by atoms with Crippen molar-refractivity contribution in [2.24, 2.45) is 0 Å². The van der Waals surface area contributed by atoms with Crippen LogP contribution in [0, 0.1) is 6.92 Å². The molecule has 23 heavy (non-hydrogen) atoms. The predicted octanol–water partition coefficient (Wildman–Crippen LogP) is 1.05. The molecule has 3 aromatic rings. The van der Waals surface area contributed by atoms with Crippen molar-refractivity contribution in [2.45, 2.75) is 16.8 Å². The Morgan fingerprint density at radius 3 is 2.74 bits per heavy atom. The summed E-state index contributed by atoms with van der Waals surface area (Å²) in [6.07, 6.45) is 0. The van der Waals surface area contributed by atoms with E-state index in [1.54, 1.807) is 31.2 Å². The quantitative estimate of drug-likeness (QED) is 0.652. The van der Waals surface area contributed by atoms with Crippen LogP contribution >= 0.6 is 23.4 Å². The average molecular weight is 352 g/mol. The van der Waals surface area contributed by atoms with Crippen LogP contribution in [0.4, 0.5) is 0 Å². The van der Waals surface area contributed by atoms with Crippen LogP contribution in [0.5, 0.6) is 0 Å². The van der Waals surface area contributed by atoms with Crippen molar-refractivity contribution in [3.8, 4) is 5.69 Å². The summed E-state index contributed by atoms with van der Waals surface area (Å²) in [5.41, 5.74) is -0.579. The molecule has 0 aliphatic heterocycles. The number of nitrogens with zero attached hydrogens (tertiary/aromatic N) is 2. The van der Waals surface area contributed by atoms with Gasteiger partial charge in [-0.3, -0.25) is 19.7 Å². The largest absolute Gasteiger partial charge is 0.342 e. The summed E-state index contributed by atoms with van der Waals surface area (Å²) < 4.78 is 1.32. The summed E-state index contributed by atoms with van der Waals surface area (Å²) in [6.45, 7) is 1.70. The van der Waals surface area contributed by atoms with Crippen molar-refractivity contribution in [2.75, 3.05) is 0 Å². The monoisotopic (exact) mass is 351 g/mol. The minimum absolute atomic E-state index is 0.0259. The molecule has 0 atom stereocenters. The van der Waals surface area contributed by atoms with Gasteiger partial charge < -0.3 is 0 Å². The van der Waals surface area contributed by atoms with Gasteiger partial charge in [-0.05, 0) is 25.1 Å². The van der Waals surface area contributed by atoms with Gasteiger partial charge in [-0.1, -0.05) is 29.4 Å². The zero-order chi connectivity index (χ0) is 16.6. The van der Waals surface area contributed by atoms with Gasteiger partial charge in [0.25, 0.3) is 11.1 Å². The van der Waals surface area contributed by atoms with Gasteiger partial charge in [0.05, 0.1) is 5.69 Å². The molecule has 0 saturated heterocycles. The molecule has 0 aliphatic rings. The fourth-order valence-electron chi connectivity index (χ4n) is 1.95. The van der Waals surface area contributed by atoms with Crippen LogP contribution in [0.1, 0.15) is 5.69 Å². The van der Waals surface area contributed by atoms with Gasteiger partial charge in [-0.25, -0.2) is 14.6 Å². The summed E-state index contributed by atoms with van der Waals surface area (Å²) in [7, 11) is 0. The van der Waals surface area contributed by atoms with Crippen LogP contribution < -0.4 is 16.8 Å². The first-order valence-corrected chi connectivity index (χ1v) is 7.59. The molecule has 0 unspecified atom stereocenters. The van der Waals surface area contributed by atoms with Gasteiger partial charge in [-0.2, -0.15) is 5.10 Å². The summed E-state index contributed by atoms with van der Waals surface area (Å²) in [5, 5.41) is 9.17. The van der Waals surface area contributed by atoms with E-state index < -0.39 is 11.2 Å². The Labute approximate surface area is 137 Å². The van der Waals surface area contributed by atoms with Crippen LogP contribution in [0.2, 0.25) is 5.02 Å². The first kappa shape index (κ1) is 15.4. The van der Waals surface area contributed by atoms with Gasteiger partial charge in [0, 0.05) is 10.7 Å². The minimum atomic E-state index is -0.707. The minimum Gasteiger partial charge on any atom is -0.294 e. The fraction of sp³-hybridized carbons (Fsp3) is 0.0769. The number of H-pyrrole nitrogens is 3. The van der Waals surface area contributed by atoms with Crippen LogP contribution in [0.25, 0.3) is 5.69 Å². The van der Waals surface area contributed by atoms with Crippen molar-refractivity contribution in [1.29, 1.82) is 0 Å². The van der Waals surface area contributed by atoms with E-state index in [0.717, 1.165) is 11.8 Å². The van der Waals surface area contributed by atoms with E-state index in [4.69, 9.17) is 11.6 Å². The van der Waals surface area contributed by atoms with E-state index in [0.29, 0.717) is 21.3 Å². The van der Waals surface area contributed by atoms with Gasteiger partial charge in [0.15, 0.2) is 5.03 Å². The number of aryl methyl sites for hydroxylation is 1. The zero-order valence-corrected chi connectivity index (χ0v) is 13.3. The Balaban J connectivity index is 2.06. The van der Waals surface area contributed by atoms with Crippen molar-refractivity contribution in [1.82, 2.24) is 25.0 Å². The maximum atomic E-state index is 12.5. The molecule has 8 nitrogen and oxygen atoms in total. The molecule has 10 heteroatoms. The van der Waals surface area contributed by atoms with E-state index in [1.165, 1.54) is 4.68 Å². The van der Waals surface area contributed by atoms with Crippen LogP contribution in [-0.2, 0) is 0 Å². The lowest BCUT2D eigenvalue weighted by atomic mass is 10.3. The number of benzene rings is 1. The van der Waals surface area contributed by atoms with Crippen LogP contribution in [-0.4, -0.2) is 25.0 Å². The van der Waals surface area contributed by atoms with Gasteiger partial charge >= 0.3 is 5.69 Å². The normalized spacial score (nSPS) is 10.9. The lowest BCUT2D eigenvalue weighted by molar-refractivity contribution is 0.806. The molecule has 0 saturated carbocycles. The molecule has 0 spiro atoms. The lowest BCUT2D eigenvalue weighted by Gasteiger charge is -2.01. The molecule has 2 aromatic heterocycles. The summed E-state index contributed by atoms with van der Waals surface area (Å²) in [6, 6.07) is 6.79. The Bertz CT molecular complexity index is 1050. The van der Waals surface area contributed by atoms with Gasteiger partial charge in [-0.15, -0.1) is 0 Å². The topological polar surface area (TPSA) is 116 Å². The molecule has 0 aliphatic carbocycles. The van der Waals surface area contributed by atoms with Crippen molar-refractivity contribution >= 4 is 23.4 Å². The second kappa shape index (κ2) is 5.94. The highest BCUT2D eigenvalue weighted by Gasteiger charge is 2.16. The Hall–Kier alpha value is -2.52. The second-order valence-electron chi connectivity index (χ2n) is 4.60. The number of nitrogens with one attached hydrogen (secondary N) is 3. The van der Waals surface area contributed by atoms with E-state index in [-0.39, 0.29) is 10.6 Å². The molecular formula is C13H10ClN5O3S. The first-order chi connectivity index (χ1) is 11.0. The van der Waals surface area contributed by atoms with Crippen molar-refractivity contribution < 1.29 is 0 Å². The van der Waals surface area contributed by atoms with Crippen LogP contribution in [0.15, 0.2) is 48.6 Å². The molecule has 3 rings (SSSR count). The maximum absolute atomic E-state index is 12.5. The molecule has 0 fully saturated rings. The number of rotatable bonds is 3. The van der Waals surface area contributed by atoms with Gasteiger partial charge in [0.1, 0.15) is 4.90 Å². The standard InChI is InChI=1S/C13H10ClN5O3S/c1-6-9(23-11-10(20)15-13(22)17-16-11)12(21)19(18-6)8-4-2-3-7(14)5-8/h2-5,18H,1H3,(H2,15,17,20,22). The Morgan fingerprint density at radius 2 is 2.04 bits per heavy atom. The SMILES string of the molecule is Cc1[nH]n(-c2cccc(Cl)c2)c(=O)c1Sc1n[nH]c(=O)[nH]c1=O. The van der Waals surface area contributed by atoms with E-state index in [9.17, 15) is 14.4 Å². The van der Waals surface area contributed by atoms with Crippen molar-refractivity contribution in [3.63, 3.8) is 0 Å². The molecule has 2 heterocycles. The third-order valence-corrected chi connectivity index (χ3v) is 4.35. The zero-order valence-electron chi connectivity index (χ0n) is 11.7. The van der Waals surface area contributed by atoms with Crippen LogP contribution in [0.3, 0.4) is 0 Å². The highest BCUT2D eigenvalue weighted by Crippen LogP contribution is 2.23. The van der Waals surface area contributed by atoms with Gasteiger partial charge in [0.2, 0.25) is 0 Å².